The van der Waals surface area contributed by atoms with Crippen LogP contribution in [0.25, 0.3) is 0 Å². The molecule has 2 aromatic carbocycles. The highest BCUT2D eigenvalue weighted by atomic mass is 35.5. The number of hydrogen-bond donors (Lipinski definition) is 1. The van der Waals surface area contributed by atoms with Crippen molar-refractivity contribution in [1.29, 1.82) is 0 Å². The third-order valence-electron chi connectivity index (χ3n) is 5.15. The van der Waals surface area contributed by atoms with Gasteiger partial charge in [0.2, 0.25) is 5.91 Å². The van der Waals surface area contributed by atoms with E-state index in [0.717, 1.165) is 0 Å². The molecule has 7 nitrogen and oxygen atoms in total. The zero-order valence-corrected chi connectivity index (χ0v) is 21.7. The molecule has 0 radical (unpaired) electrons. The third kappa shape index (κ3) is 7.71. The molecule has 1 N–H and O–H groups in total. The van der Waals surface area contributed by atoms with Crippen LogP contribution in [0.5, 0.6) is 17.2 Å². The van der Waals surface area contributed by atoms with Gasteiger partial charge in [-0.15, -0.1) is 0 Å². The van der Waals surface area contributed by atoms with Gasteiger partial charge in [-0.2, -0.15) is 0 Å². The van der Waals surface area contributed by atoms with Gasteiger partial charge in [0.1, 0.15) is 23.3 Å². The van der Waals surface area contributed by atoms with Crippen molar-refractivity contribution in [3.8, 4) is 17.2 Å². The van der Waals surface area contributed by atoms with Crippen LogP contribution in [0, 0.1) is 5.92 Å². The minimum absolute atomic E-state index is 0.0652. The minimum Gasteiger partial charge on any atom is -0.496 e. The third-order valence-corrected chi connectivity index (χ3v) is 5.86. The van der Waals surface area contributed by atoms with E-state index in [-0.39, 0.29) is 30.9 Å². The second-order valence-corrected chi connectivity index (χ2v) is 8.94. The Balaban J connectivity index is 2.30. The number of methoxy groups -OCH3 is 2. The Hall–Kier alpha value is -2.64. The molecule has 0 spiro atoms. The van der Waals surface area contributed by atoms with Crippen molar-refractivity contribution in [3.05, 3.63) is 52.0 Å². The molecule has 2 aromatic rings. The molecular formula is C25H32Cl2N2O5. The van der Waals surface area contributed by atoms with Gasteiger partial charge in [-0.3, -0.25) is 9.59 Å². The number of nitrogens with zero attached hydrogens (tertiary/aromatic N) is 1. The van der Waals surface area contributed by atoms with Crippen molar-refractivity contribution in [2.75, 3.05) is 27.4 Å². The standard InChI is InChI=1S/C25H32Cl2N2O5/c1-6-23(25(31)28-13-16(2)3)29(14-20-21(26)8-7-9-22(20)27)24(30)15-34-19-11-17(32-4)10-18(12-19)33-5/h7-12,16,23H,6,13-15H2,1-5H3,(H,28,31)/t23-/m0/s1. The van der Waals surface area contributed by atoms with Crippen LogP contribution >= 0.6 is 23.2 Å². The number of rotatable bonds is 12. The molecule has 0 aromatic heterocycles. The maximum Gasteiger partial charge on any atom is 0.261 e. The Labute approximate surface area is 211 Å². The van der Waals surface area contributed by atoms with E-state index in [2.05, 4.69) is 5.32 Å². The normalized spacial score (nSPS) is 11.6. The van der Waals surface area contributed by atoms with Crippen molar-refractivity contribution in [2.24, 2.45) is 5.92 Å². The Morgan fingerprint density at radius 2 is 1.56 bits per heavy atom. The first-order valence-electron chi connectivity index (χ1n) is 11.1. The summed E-state index contributed by atoms with van der Waals surface area (Å²) in [6.07, 6.45) is 0.407. The second-order valence-electron chi connectivity index (χ2n) is 8.12. The van der Waals surface area contributed by atoms with E-state index in [1.54, 1.807) is 36.4 Å². The highest BCUT2D eigenvalue weighted by Crippen LogP contribution is 2.29. The molecule has 2 amide bonds. The zero-order chi connectivity index (χ0) is 25.3. The average Bonchev–Trinajstić information content (AvgIpc) is 2.82. The summed E-state index contributed by atoms with van der Waals surface area (Å²) in [5.74, 6) is 1.11. The van der Waals surface area contributed by atoms with Crippen molar-refractivity contribution >= 4 is 35.0 Å². The lowest BCUT2D eigenvalue weighted by atomic mass is 10.1. The van der Waals surface area contributed by atoms with Crippen LogP contribution in [0.4, 0.5) is 0 Å². The fraction of sp³-hybridized carbons (Fsp3) is 0.440. The molecule has 0 bridgehead atoms. The van der Waals surface area contributed by atoms with Crippen LogP contribution in [-0.2, 0) is 16.1 Å². The number of halogens is 2. The Morgan fingerprint density at radius 3 is 2.06 bits per heavy atom. The smallest absolute Gasteiger partial charge is 0.261 e. The molecule has 9 heteroatoms. The van der Waals surface area contributed by atoms with Crippen LogP contribution in [0.3, 0.4) is 0 Å². The molecule has 0 aliphatic rings. The molecule has 0 saturated heterocycles. The highest BCUT2D eigenvalue weighted by molar-refractivity contribution is 6.36. The number of benzene rings is 2. The largest absolute Gasteiger partial charge is 0.496 e. The number of nitrogens with one attached hydrogen (secondary N) is 1. The lowest BCUT2D eigenvalue weighted by Crippen LogP contribution is -2.50. The van der Waals surface area contributed by atoms with E-state index in [9.17, 15) is 9.59 Å². The van der Waals surface area contributed by atoms with Gasteiger partial charge in [-0.25, -0.2) is 0 Å². The van der Waals surface area contributed by atoms with E-state index in [4.69, 9.17) is 37.4 Å². The summed E-state index contributed by atoms with van der Waals surface area (Å²) in [6, 6.07) is 9.41. The van der Waals surface area contributed by atoms with Gasteiger partial charge in [-0.1, -0.05) is 50.0 Å². The van der Waals surface area contributed by atoms with E-state index >= 15 is 0 Å². The monoisotopic (exact) mass is 510 g/mol. The van der Waals surface area contributed by atoms with Crippen molar-refractivity contribution < 1.29 is 23.8 Å². The summed E-state index contributed by atoms with van der Waals surface area (Å²) >= 11 is 12.7. The van der Waals surface area contributed by atoms with Gasteiger partial charge in [0.05, 0.1) is 14.2 Å². The summed E-state index contributed by atoms with van der Waals surface area (Å²) in [5.41, 5.74) is 0.567. The molecule has 0 unspecified atom stereocenters. The summed E-state index contributed by atoms with van der Waals surface area (Å²) in [5, 5.41) is 3.75. The summed E-state index contributed by atoms with van der Waals surface area (Å²) < 4.78 is 16.3. The molecular weight excluding hydrogens is 479 g/mol. The van der Waals surface area contributed by atoms with Crippen molar-refractivity contribution in [2.45, 2.75) is 39.8 Å². The first-order valence-corrected chi connectivity index (χ1v) is 11.8. The lowest BCUT2D eigenvalue weighted by molar-refractivity contribution is -0.143. The molecule has 186 valence electrons. The maximum atomic E-state index is 13.4. The first-order chi connectivity index (χ1) is 16.2. The SMILES string of the molecule is CC[C@@H](C(=O)NCC(C)C)N(Cc1c(Cl)cccc1Cl)C(=O)COc1cc(OC)cc(OC)c1. The van der Waals surface area contributed by atoms with Gasteiger partial charge >= 0.3 is 0 Å². The second kappa shape index (κ2) is 13.3. The molecule has 0 aliphatic carbocycles. The molecule has 0 fully saturated rings. The topological polar surface area (TPSA) is 77.1 Å². The first kappa shape index (κ1) is 27.6. The number of hydrogen-bond acceptors (Lipinski definition) is 5. The molecule has 2 rings (SSSR count). The van der Waals surface area contributed by atoms with Gasteiger partial charge in [0, 0.05) is 46.9 Å². The molecule has 0 saturated carbocycles. The van der Waals surface area contributed by atoms with Gasteiger partial charge in [0.25, 0.3) is 5.91 Å². The van der Waals surface area contributed by atoms with Crippen LogP contribution in [0.15, 0.2) is 36.4 Å². The number of carbonyl (C=O) groups excluding carboxylic acids is 2. The van der Waals surface area contributed by atoms with E-state index in [0.29, 0.717) is 45.8 Å². The maximum absolute atomic E-state index is 13.4. The molecule has 34 heavy (non-hydrogen) atoms. The van der Waals surface area contributed by atoms with Crippen molar-refractivity contribution in [1.82, 2.24) is 10.2 Å². The molecule has 0 aliphatic heterocycles. The predicted octanol–water partition coefficient (Wildman–Crippen LogP) is 4.97. The Bertz CT molecular complexity index is 941. The highest BCUT2D eigenvalue weighted by Gasteiger charge is 2.30. The fourth-order valence-electron chi connectivity index (χ4n) is 3.29. The van der Waals surface area contributed by atoms with E-state index < -0.39 is 6.04 Å². The zero-order valence-electron chi connectivity index (χ0n) is 20.2. The summed E-state index contributed by atoms with van der Waals surface area (Å²) in [7, 11) is 3.06. The van der Waals surface area contributed by atoms with Crippen molar-refractivity contribution in [3.63, 3.8) is 0 Å². The predicted molar refractivity (Wildman–Crippen MR) is 134 cm³/mol. The Kier molecular flexibility index (Phi) is 10.8. The van der Waals surface area contributed by atoms with Crippen LogP contribution in [0.2, 0.25) is 10.0 Å². The van der Waals surface area contributed by atoms with E-state index in [1.165, 1.54) is 19.1 Å². The molecule has 1 atom stereocenters. The lowest BCUT2D eigenvalue weighted by Gasteiger charge is -2.31. The fourth-order valence-corrected chi connectivity index (χ4v) is 3.81. The van der Waals surface area contributed by atoms with Crippen LogP contribution in [0.1, 0.15) is 32.8 Å². The van der Waals surface area contributed by atoms with Crippen LogP contribution < -0.4 is 19.5 Å². The van der Waals surface area contributed by atoms with Crippen LogP contribution in [-0.4, -0.2) is 50.1 Å². The summed E-state index contributed by atoms with van der Waals surface area (Å²) in [4.78, 5) is 27.8. The average molecular weight is 511 g/mol. The quantitative estimate of drug-likeness (QED) is 0.436. The van der Waals surface area contributed by atoms with Gasteiger partial charge in [0.15, 0.2) is 6.61 Å². The number of carbonyl (C=O) groups is 2. The number of ether oxygens (including phenoxy) is 3. The van der Waals surface area contributed by atoms with Gasteiger partial charge < -0.3 is 24.4 Å². The van der Waals surface area contributed by atoms with Gasteiger partial charge in [-0.05, 0) is 24.5 Å². The summed E-state index contributed by atoms with van der Waals surface area (Å²) in [6.45, 7) is 6.13. The Morgan fingerprint density at radius 1 is 1.00 bits per heavy atom. The molecule has 0 heterocycles. The number of amides is 2. The minimum atomic E-state index is -0.720. The van der Waals surface area contributed by atoms with E-state index in [1.807, 2.05) is 20.8 Å².